The van der Waals surface area contributed by atoms with E-state index in [4.69, 9.17) is 22.1 Å². The Labute approximate surface area is 146 Å². The van der Waals surface area contributed by atoms with Gasteiger partial charge >= 0.3 is 5.97 Å². The van der Waals surface area contributed by atoms with Crippen LogP contribution in [0.3, 0.4) is 0 Å². The van der Waals surface area contributed by atoms with Crippen LogP contribution in [0.15, 0.2) is 30.3 Å². The molecule has 2 N–H and O–H groups in total. The van der Waals surface area contributed by atoms with E-state index in [9.17, 15) is 9.18 Å². The Morgan fingerprint density at radius 1 is 1.25 bits per heavy atom. The molecular formula is C19H21ClFNO2. The predicted molar refractivity (Wildman–Crippen MR) is 94.5 cm³/mol. The number of aryl methyl sites for hydroxylation is 2. The minimum Gasteiger partial charge on any atom is -0.466 e. The summed E-state index contributed by atoms with van der Waals surface area (Å²) in [6, 6.07) is 7.76. The van der Waals surface area contributed by atoms with Crippen molar-refractivity contribution in [2.24, 2.45) is 5.73 Å². The number of hydrogen-bond donors (Lipinski definition) is 1. The van der Waals surface area contributed by atoms with Crippen LogP contribution in [-0.2, 0) is 9.53 Å². The first-order valence-electron chi connectivity index (χ1n) is 7.81. The molecular weight excluding hydrogens is 329 g/mol. The summed E-state index contributed by atoms with van der Waals surface area (Å²) in [6.07, 6.45) is -0.0627. The lowest BCUT2D eigenvalue weighted by molar-refractivity contribution is -0.143. The lowest BCUT2D eigenvalue weighted by Crippen LogP contribution is -2.18. The molecule has 3 nitrogen and oxygen atoms in total. The molecule has 0 aliphatic carbocycles. The first-order chi connectivity index (χ1) is 11.3. The Morgan fingerprint density at radius 2 is 1.88 bits per heavy atom. The van der Waals surface area contributed by atoms with Gasteiger partial charge < -0.3 is 10.5 Å². The molecule has 24 heavy (non-hydrogen) atoms. The summed E-state index contributed by atoms with van der Waals surface area (Å²) in [5, 5.41) is 0.662. The maximum atomic E-state index is 14.2. The molecule has 128 valence electrons. The van der Waals surface area contributed by atoms with E-state index in [2.05, 4.69) is 0 Å². The first-order valence-corrected chi connectivity index (χ1v) is 8.19. The fourth-order valence-electron chi connectivity index (χ4n) is 2.86. The zero-order valence-corrected chi connectivity index (χ0v) is 14.8. The highest BCUT2D eigenvalue weighted by Gasteiger charge is 2.18. The predicted octanol–water partition coefficient (Wildman–Crippen LogP) is 4.72. The lowest BCUT2D eigenvalue weighted by Gasteiger charge is -2.16. The molecule has 0 unspecified atom stereocenters. The van der Waals surface area contributed by atoms with Crippen LogP contribution < -0.4 is 5.73 Å². The quantitative estimate of drug-likeness (QED) is 0.795. The molecule has 0 aromatic heterocycles. The highest BCUT2D eigenvalue weighted by Crippen LogP contribution is 2.32. The van der Waals surface area contributed by atoms with Gasteiger partial charge in [0.05, 0.1) is 13.0 Å². The molecule has 2 aromatic rings. The zero-order chi connectivity index (χ0) is 17.9. The van der Waals surface area contributed by atoms with Crippen LogP contribution in [0.25, 0.3) is 11.1 Å². The van der Waals surface area contributed by atoms with Gasteiger partial charge in [-0.2, -0.15) is 0 Å². The number of benzene rings is 2. The number of hydrogen-bond acceptors (Lipinski definition) is 3. The third-order valence-corrected chi connectivity index (χ3v) is 4.09. The third-order valence-electron chi connectivity index (χ3n) is 3.87. The van der Waals surface area contributed by atoms with Crippen molar-refractivity contribution in [1.82, 2.24) is 0 Å². The smallest absolute Gasteiger partial charge is 0.307 e. The Morgan fingerprint density at radius 3 is 2.46 bits per heavy atom. The maximum Gasteiger partial charge on any atom is 0.307 e. The van der Waals surface area contributed by atoms with Gasteiger partial charge in [-0.15, -0.1) is 0 Å². The van der Waals surface area contributed by atoms with Crippen molar-refractivity contribution in [3.8, 4) is 11.1 Å². The van der Waals surface area contributed by atoms with Crippen molar-refractivity contribution in [2.75, 3.05) is 6.61 Å². The molecule has 0 aliphatic heterocycles. The zero-order valence-electron chi connectivity index (χ0n) is 14.0. The number of carbonyl (C=O) groups excluding carboxylic acids is 1. The molecule has 0 saturated carbocycles. The van der Waals surface area contributed by atoms with Crippen LogP contribution in [0.1, 0.15) is 36.1 Å². The molecule has 5 heteroatoms. The largest absolute Gasteiger partial charge is 0.466 e. The van der Waals surface area contributed by atoms with Gasteiger partial charge in [-0.05, 0) is 67.3 Å². The fourth-order valence-corrected chi connectivity index (χ4v) is 3.19. The number of halogens is 2. The average molecular weight is 350 g/mol. The van der Waals surface area contributed by atoms with Crippen LogP contribution in [0.4, 0.5) is 4.39 Å². The van der Waals surface area contributed by atoms with Crippen molar-refractivity contribution in [3.05, 3.63) is 57.9 Å². The van der Waals surface area contributed by atoms with E-state index in [1.807, 2.05) is 26.0 Å². The van der Waals surface area contributed by atoms with Gasteiger partial charge in [0, 0.05) is 16.6 Å². The van der Waals surface area contributed by atoms with Crippen LogP contribution >= 0.6 is 11.6 Å². The molecule has 0 spiro atoms. The monoisotopic (exact) mass is 349 g/mol. The van der Waals surface area contributed by atoms with Crippen molar-refractivity contribution >= 4 is 17.6 Å². The van der Waals surface area contributed by atoms with E-state index < -0.39 is 17.8 Å². The number of rotatable bonds is 5. The SMILES string of the molecule is CCOC(=O)C[C@H](N)c1cc(-c2c(C)cc(Cl)cc2C)ccc1F. The van der Waals surface area contributed by atoms with Crippen molar-refractivity contribution in [1.29, 1.82) is 0 Å². The second-order valence-corrected chi connectivity index (χ2v) is 6.20. The molecule has 0 aliphatic rings. The van der Waals surface area contributed by atoms with Crippen molar-refractivity contribution in [2.45, 2.75) is 33.2 Å². The Balaban J connectivity index is 2.41. The van der Waals surface area contributed by atoms with Gasteiger partial charge in [-0.1, -0.05) is 17.7 Å². The summed E-state index contributed by atoms with van der Waals surface area (Å²) in [4.78, 5) is 11.6. The molecule has 0 saturated heterocycles. The first kappa shape index (κ1) is 18.4. The molecule has 1 atom stereocenters. The minimum absolute atomic E-state index is 0.0627. The van der Waals surface area contributed by atoms with Gasteiger partial charge in [0.2, 0.25) is 0 Å². The molecule has 0 radical (unpaired) electrons. The summed E-state index contributed by atoms with van der Waals surface area (Å²) in [7, 11) is 0. The number of ether oxygens (including phenoxy) is 1. The van der Waals surface area contributed by atoms with E-state index >= 15 is 0 Å². The normalized spacial score (nSPS) is 12.1. The Kier molecular flexibility index (Phi) is 5.97. The van der Waals surface area contributed by atoms with Crippen LogP contribution in [0, 0.1) is 19.7 Å². The second-order valence-electron chi connectivity index (χ2n) is 5.77. The lowest BCUT2D eigenvalue weighted by atomic mass is 9.92. The van der Waals surface area contributed by atoms with Gasteiger partial charge in [0.25, 0.3) is 0 Å². The topological polar surface area (TPSA) is 52.3 Å². The van der Waals surface area contributed by atoms with E-state index in [0.717, 1.165) is 22.3 Å². The van der Waals surface area contributed by atoms with Crippen LogP contribution in [-0.4, -0.2) is 12.6 Å². The summed E-state index contributed by atoms with van der Waals surface area (Å²) in [5.74, 6) is -0.867. The number of esters is 1. The average Bonchev–Trinajstić information content (AvgIpc) is 2.47. The van der Waals surface area contributed by atoms with Crippen molar-refractivity contribution in [3.63, 3.8) is 0 Å². The van der Waals surface area contributed by atoms with Gasteiger partial charge in [0.15, 0.2) is 0 Å². The molecule has 0 bridgehead atoms. The van der Waals surface area contributed by atoms with Gasteiger partial charge in [0.1, 0.15) is 5.82 Å². The van der Waals surface area contributed by atoms with Crippen molar-refractivity contribution < 1.29 is 13.9 Å². The highest BCUT2D eigenvalue weighted by atomic mass is 35.5. The van der Waals surface area contributed by atoms with Crippen LogP contribution in [0.5, 0.6) is 0 Å². The third kappa shape index (κ3) is 4.13. The molecule has 2 rings (SSSR count). The number of nitrogens with two attached hydrogens (primary N) is 1. The summed E-state index contributed by atoms with van der Waals surface area (Å²) >= 11 is 6.07. The molecule has 2 aromatic carbocycles. The number of carbonyl (C=O) groups is 1. The van der Waals surface area contributed by atoms with Crippen LogP contribution in [0.2, 0.25) is 5.02 Å². The Bertz CT molecular complexity index is 738. The van der Waals surface area contributed by atoms with E-state index in [0.29, 0.717) is 10.6 Å². The highest BCUT2D eigenvalue weighted by molar-refractivity contribution is 6.30. The molecule has 0 amide bonds. The standard InChI is InChI=1S/C19H21ClFNO2/c1-4-24-18(23)10-17(22)15-9-13(5-6-16(15)21)19-11(2)7-14(20)8-12(19)3/h5-9,17H,4,10,22H2,1-3H3/t17-/m0/s1. The summed E-state index contributed by atoms with van der Waals surface area (Å²) in [6.45, 7) is 5.90. The van der Waals surface area contributed by atoms with Gasteiger partial charge in [-0.3, -0.25) is 4.79 Å². The van der Waals surface area contributed by atoms with Gasteiger partial charge in [-0.25, -0.2) is 4.39 Å². The molecule has 0 heterocycles. The molecule has 0 fully saturated rings. The Hall–Kier alpha value is -1.91. The van der Waals surface area contributed by atoms with E-state index in [1.165, 1.54) is 6.07 Å². The van der Waals surface area contributed by atoms with E-state index in [1.54, 1.807) is 19.1 Å². The summed E-state index contributed by atoms with van der Waals surface area (Å²) in [5.41, 5.74) is 10.1. The summed E-state index contributed by atoms with van der Waals surface area (Å²) < 4.78 is 19.1. The second kappa shape index (κ2) is 7.77. The fraction of sp³-hybridized carbons (Fsp3) is 0.316. The minimum atomic E-state index is -0.753. The van der Waals surface area contributed by atoms with E-state index in [-0.39, 0.29) is 13.0 Å². The maximum absolute atomic E-state index is 14.2.